The van der Waals surface area contributed by atoms with Crippen molar-refractivity contribution in [2.45, 2.75) is 6.54 Å². The number of nitrogens with zero attached hydrogens (tertiary/aromatic N) is 3. The summed E-state index contributed by atoms with van der Waals surface area (Å²) in [4.78, 5) is 0. The fraction of sp³-hybridized carbons (Fsp3) is 0.167. The first-order valence-corrected chi connectivity index (χ1v) is 5.90. The minimum absolute atomic E-state index is 0.628. The molecular formula is C12H11BrN4. The van der Waals surface area contributed by atoms with Crippen LogP contribution in [0.1, 0.15) is 11.3 Å². The van der Waals surface area contributed by atoms with Gasteiger partial charge in [0.1, 0.15) is 0 Å². The first-order valence-electron chi connectivity index (χ1n) is 5.10. The number of aryl methyl sites for hydroxylation is 1. The molecule has 0 spiro atoms. The highest BCUT2D eigenvalue weighted by molar-refractivity contribution is 9.10. The number of aromatic nitrogens is 2. The quantitative estimate of drug-likeness (QED) is 0.946. The van der Waals surface area contributed by atoms with Gasteiger partial charge in [0, 0.05) is 23.4 Å². The van der Waals surface area contributed by atoms with Crippen molar-refractivity contribution in [1.82, 2.24) is 9.78 Å². The molecule has 0 bridgehead atoms. The van der Waals surface area contributed by atoms with Crippen molar-refractivity contribution < 1.29 is 0 Å². The van der Waals surface area contributed by atoms with E-state index < -0.39 is 0 Å². The molecule has 4 nitrogen and oxygen atoms in total. The summed E-state index contributed by atoms with van der Waals surface area (Å²) in [5, 5.41) is 16.4. The van der Waals surface area contributed by atoms with Gasteiger partial charge in [0.2, 0.25) is 0 Å². The van der Waals surface area contributed by atoms with Crippen LogP contribution in [-0.4, -0.2) is 9.78 Å². The molecule has 0 saturated carbocycles. The summed E-state index contributed by atoms with van der Waals surface area (Å²) in [7, 11) is 1.89. The third kappa shape index (κ3) is 3.08. The van der Waals surface area contributed by atoms with E-state index in [-0.39, 0.29) is 0 Å². The lowest BCUT2D eigenvalue weighted by Gasteiger charge is -2.05. The Labute approximate surface area is 108 Å². The zero-order valence-electron chi connectivity index (χ0n) is 9.31. The molecule has 1 heterocycles. The molecule has 1 aromatic heterocycles. The summed E-state index contributed by atoms with van der Waals surface area (Å²) >= 11 is 3.37. The number of nitrogens with one attached hydrogen (secondary N) is 1. The van der Waals surface area contributed by atoms with E-state index in [4.69, 9.17) is 5.26 Å². The SMILES string of the molecule is Cn1ccc(CNc2cc(Br)cc(C#N)c2)n1. The highest BCUT2D eigenvalue weighted by Gasteiger charge is 2.00. The van der Waals surface area contributed by atoms with Crippen LogP contribution in [0.5, 0.6) is 0 Å². The smallest absolute Gasteiger partial charge is 0.0992 e. The van der Waals surface area contributed by atoms with Gasteiger partial charge in [-0.2, -0.15) is 10.4 Å². The molecule has 1 aromatic carbocycles. The Morgan fingerprint density at radius 3 is 2.94 bits per heavy atom. The number of rotatable bonds is 3. The number of anilines is 1. The lowest BCUT2D eigenvalue weighted by atomic mass is 10.2. The molecule has 0 radical (unpaired) electrons. The van der Waals surface area contributed by atoms with Crippen molar-refractivity contribution in [2.24, 2.45) is 7.05 Å². The van der Waals surface area contributed by atoms with Gasteiger partial charge in [-0.1, -0.05) is 15.9 Å². The van der Waals surface area contributed by atoms with E-state index in [1.54, 1.807) is 10.7 Å². The van der Waals surface area contributed by atoms with Crippen molar-refractivity contribution in [1.29, 1.82) is 5.26 Å². The maximum atomic E-state index is 8.86. The topological polar surface area (TPSA) is 53.6 Å². The van der Waals surface area contributed by atoms with Gasteiger partial charge < -0.3 is 5.32 Å². The van der Waals surface area contributed by atoms with Crippen LogP contribution in [0, 0.1) is 11.3 Å². The third-order valence-electron chi connectivity index (χ3n) is 2.27. The molecule has 17 heavy (non-hydrogen) atoms. The molecule has 0 amide bonds. The Balaban J connectivity index is 2.09. The molecule has 0 aliphatic rings. The number of hydrogen-bond acceptors (Lipinski definition) is 3. The van der Waals surface area contributed by atoms with Crippen molar-refractivity contribution >= 4 is 21.6 Å². The van der Waals surface area contributed by atoms with Gasteiger partial charge in [0.15, 0.2) is 0 Å². The van der Waals surface area contributed by atoms with Gasteiger partial charge in [-0.15, -0.1) is 0 Å². The minimum Gasteiger partial charge on any atom is -0.379 e. The molecule has 2 aromatic rings. The van der Waals surface area contributed by atoms with Crippen molar-refractivity contribution in [2.75, 3.05) is 5.32 Å². The van der Waals surface area contributed by atoms with Gasteiger partial charge in [0.25, 0.3) is 0 Å². The molecule has 0 unspecified atom stereocenters. The molecule has 0 saturated heterocycles. The minimum atomic E-state index is 0.628. The van der Waals surface area contributed by atoms with Gasteiger partial charge in [-0.3, -0.25) is 4.68 Å². The Morgan fingerprint density at radius 2 is 2.29 bits per heavy atom. The second-order valence-electron chi connectivity index (χ2n) is 3.67. The van der Waals surface area contributed by atoms with Crippen molar-refractivity contribution in [3.8, 4) is 6.07 Å². The maximum Gasteiger partial charge on any atom is 0.0992 e. The van der Waals surface area contributed by atoms with Crippen LogP contribution in [0.25, 0.3) is 0 Å². The molecule has 0 atom stereocenters. The standard InChI is InChI=1S/C12H11BrN4/c1-17-3-2-11(16-17)8-15-12-5-9(7-14)4-10(13)6-12/h2-6,15H,8H2,1H3. The molecule has 2 rings (SSSR count). The van der Waals surface area contributed by atoms with E-state index in [1.807, 2.05) is 31.4 Å². The Morgan fingerprint density at radius 1 is 1.47 bits per heavy atom. The van der Waals surface area contributed by atoms with Gasteiger partial charge >= 0.3 is 0 Å². The Kier molecular flexibility index (Phi) is 3.45. The molecule has 0 aliphatic carbocycles. The van der Waals surface area contributed by atoms with Crippen LogP contribution >= 0.6 is 15.9 Å². The zero-order valence-corrected chi connectivity index (χ0v) is 10.9. The Hall–Kier alpha value is -1.80. The van der Waals surface area contributed by atoms with E-state index in [9.17, 15) is 0 Å². The van der Waals surface area contributed by atoms with E-state index in [0.29, 0.717) is 12.1 Å². The lowest BCUT2D eigenvalue weighted by molar-refractivity contribution is 0.747. The predicted molar refractivity (Wildman–Crippen MR) is 69.4 cm³/mol. The van der Waals surface area contributed by atoms with Crippen LogP contribution < -0.4 is 5.32 Å². The van der Waals surface area contributed by atoms with Crippen molar-refractivity contribution in [3.63, 3.8) is 0 Å². The monoisotopic (exact) mass is 290 g/mol. The highest BCUT2D eigenvalue weighted by Crippen LogP contribution is 2.19. The summed E-state index contributed by atoms with van der Waals surface area (Å²) in [5.74, 6) is 0. The first kappa shape index (κ1) is 11.7. The van der Waals surface area contributed by atoms with Crippen LogP contribution in [0.3, 0.4) is 0 Å². The lowest BCUT2D eigenvalue weighted by Crippen LogP contribution is -2.01. The fourth-order valence-corrected chi connectivity index (χ4v) is 2.00. The molecule has 1 N–H and O–H groups in total. The van der Waals surface area contributed by atoms with Crippen LogP contribution in [0.15, 0.2) is 34.9 Å². The van der Waals surface area contributed by atoms with Gasteiger partial charge in [-0.25, -0.2) is 0 Å². The molecule has 0 aliphatic heterocycles. The number of hydrogen-bond donors (Lipinski definition) is 1. The summed E-state index contributed by atoms with van der Waals surface area (Å²) in [6, 6.07) is 9.61. The summed E-state index contributed by atoms with van der Waals surface area (Å²) in [6.07, 6.45) is 1.90. The van der Waals surface area contributed by atoms with E-state index in [0.717, 1.165) is 15.9 Å². The second kappa shape index (κ2) is 5.02. The largest absolute Gasteiger partial charge is 0.379 e. The normalized spacial score (nSPS) is 9.94. The van der Waals surface area contributed by atoms with E-state index >= 15 is 0 Å². The second-order valence-corrected chi connectivity index (χ2v) is 4.59. The van der Waals surface area contributed by atoms with Crippen LogP contribution in [-0.2, 0) is 13.6 Å². The van der Waals surface area contributed by atoms with E-state index in [2.05, 4.69) is 32.4 Å². The van der Waals surface area contributed by atoms with Crippen molar-refractivity contribution in [3.05, 3.63) is 46.2 Å². The fourth-order valence-electron chi connectivity index (χ4n) is 1.51. The van der Waals surface area contributed by atoms with E-state index in [1.165, 1.54) is 0 Å². The van der Waals surface area contributed by atoms with Gasteiger partial charge in [-0.05, 0) is 24.3 Å². The number of benzene rings is 1. The predicted octanol–water partition coefficient (Wildman–Crippen LogP) is 2.67. The number of nitriles is 1. The number of halogens is 1. The van der Waals surface area contributed by atoms with Crippen LogP contribution in [0.2, 0.25) is 0 Å². The van der Waals surface area contributed by atoms with Gasteiger partial charge in [0.05, 0.1) is 23.9 Å². The summed E-state index contributed by atoms with van der Waals surface area (Å²) in [5.41, 5.74) is 2.50. The average molecular weight is 291 g/mol. The molecular weight excluding hydrogens is 280 g/mol. The third-order valence-corrected chi connectivity index (χ3v) is 2.73. The zero-order chi connectivity index (χ0) is 12.3. The molecule has 86 valence electrons. The van der Waals surface area contributed by atoms with Crippen LogP contribution in [0.4, 0.5) is 5.69 Å². The highest BCUT2D eigenvalue weighted by atomic mass is 79.9. The maximum absolute atomic E-state index is 8.86. The molecule has 5 heteroatoms. The first-order chi connectivity index (χ1) is 8.17. The molecule has 0 fully saturated rings. The average Bonchev–Trinajstić information content (AvgIpc) is 2.72. The Bertz CT molecular complexity index is 568. The summed E-state index contributed by atoms with van der Waals surface area (Å²) < 4.78 is 2.65. The summed E-state index contributed by atoms with van der Waals surface area (Å²) in [6.45, 7) is 0.641.